The fourth-order valence-electron chi connectivity index (χ4n) is 7.32. The van der Waals surface area contributed by atoms with Crippen molar-refractivity contribution in [1.29, 1.82) is 0 Å². The Labute approximate surface area is 189 Å². The van der Waals surface area contributed by atoms with Crippen molar-refractivity contribution in [2.45, 2.75) is 96.6 Å². The minimum absolute atomic E-state index is 0.0732. The summed E-state index contributed by atoms with van der Waals surface area (Å²) in [7, 11) is 0. The molecule has 2 aliphatic heterocycles. The summed E-state index contributed by atoms with van der Waals surface area (Å²) in [4.78, 5) is 29.1. The molecule has 0 unspecified atom stereocenters. The van der Waals surface area contributed by atoms with Gasteiger partial charge in [0.05, 0.1) is 11.0 Å². The summed E-state index contributed by atoms with van der Waals surface area (Å²) in [5.74, 6) is -0.516. The number of rotatable bonds is 6. The number of hydrogen-bond donors (Lipinski definition) is 2. The Morgan fingerprint density at radius 3 is 2.59 bits per heavy atom. The van der Waals surface area contributed by atoms with Crippen molar-refractivity contribution in [3.05, 3.63) is 23.8 Å². The first-order valence-electron chi connectivity index (χ1n) is 11.7. The number of esters is 2. The lowest BCUT2D eigenvalue weighted by Gasteiger charge is -2.59. The minimum atomic E-state index is -1.00. The minimum Gasteiger partial charge on any atom is -0.461 e. The van der Waals surface area contributed by atoms with Gasteiger partial charge in [-0.3, -0.25) is 10.1 Å². The Hall–Kier alpha value is -1.70. The van der Waals surface area contributed by atoms with Crippen molar-refractivity contribution in [2.75, 3.05) is 0 Å². The van der Waals surface area contributed by atoms with E-state index in [1.54, 1.807) is 19.1 Å². The van der Waals surface area contributed by atoms with Crippen LogP contribution in [0.15, 0.2) is 23.8 Å². The monoisotopic (exact) mass is 448 g/mol. The van der Waals surface area contributed by atoms with E-state index in [4.69, 9.17) is 14.4 Å². The lowest BCUT2D eigenvalue weighted by molar-refractivity contribution is -0.306. The highest BCUT2D eigenvalue weighted by Gasteiger charge is 2.69. The fraction of sp³-hybridized carbons (Fsp3) is 0.760. The molecule has 2 N–H and O–H groups in total. The highest BCUT2D eigenvalue weighted by Crippen LogP contribution is 2.66. The van der Waals surface area contributed by atoms with E-state index in [0.29, 0.717) is 19.3 Å². The Morgan fingerprint density at radius 2 is 1.97 bits per heavy atom. The fourth-order valence-corrected chi connectivity index (χ4v) is 7.32. The predicted molar refractivity (Wildman–Crippen MR) is 116 cm³/mol. The Balaban J connectivity index is 1.55. The molecule has 3 fully saturated rings. The number of carbonyl (C=O) groups excluding carboxylic acids is 2. The molecule has 32 heavy (non-hydrogen) atoms. The molecule has 0 spiro atoms. The zero-order valence-electron chi connectivity index (χ0n) is 19.7. The highest BCUT2D eigenvalue weighted by atomic mass is 17.1. The Morgan fingerprint density at radius 1 is 1.25 bits per heavy atom. The SMILES string of the molecule is CC1=CC(=O)O[C@H]1C=C[C@@](C)(CC[C@@H]1[C@@]2(C)CCC[C@@]3(C)C(=O)O[C@@H](C[C@@]1(C)O)[C@H]23)OO. The molecule has 2 saturated carbocycles. The molecule has 0 aromatic heterocycles. The number of aliphatic hydroxyl groups is 1. The molecular formula is C25H36O7. The molecule has 7 nitrogen and oxygen atoms in total. The number of cyclic esters (lactones) is 1. The van der Waals surface area contributed by atoms with E-state index in [1.807, 2.05) is 20.8 Å². The van der Waals surface area contributed by atoms with Crippen LogP contribution >= 0.6 is 0 Å². The van der Waals surface area contributed by atoms with Crippen LogP contribution < -0.4 is 0 Å². The molecule has 4 rings (SSSR count). The molecule has 4 aliphatic rings. The smallest absolute Gasteiger partial charge is 0.331 e. The molecular weight excluding hydrogens is 412 g/mol. The van der Waals surface area contributed by atoms with Crippen molar-refractivity contribution in [2.24, 2.45) is 22.7 Å². The van der Waals surface area contributed by atoms with Crippen LogP contribution in [-0.4, -0.2) is 45.7 Å². The zero-order chi connectivity index (χ0) is 23.5. The second-order valence-electron chi connectivity index (χ2n) is 11.4. The van der Waals surface area contributed by atoms with Crippen LogP contribution in [0.4, 0.5) is 0 Å². The van der Waals surface area contributed by atoms with Crippen LogP contribution in [0.2, 0.25) is 0 Å². The third-order valence-electron chi connectivity index (χ3n) is 8.87. The quantitative estimate of drug-likeness (QED) is 0.274. The predicted octanol–water partition coefficient (Wildman–Crippen LogP) is 3.95. The van der Waals surface area contributed by atoms with Gasteiger partial charge in [-0.25, -0.2) is 9.68 Å². The van der Waals surface area contributed by atoms with Gasteiger partial charge >= 0.3 is 11.9 Å². The van der Waals surface area contributed by atoms with E-state index < -0.39 is 22.7 Å². The third-order valence-corrected chi connectivity index (χ3v) is 8.87. The van der Waals surface area contributed by atoms with E-state index >= 15 is 0 Å². The van der Waals surface area contributed by atoms with Gasteiger partial charge in [-0.2, -0.15) is 0 Å². The average molecular weight is 449 g/mol. The van der Waals surface area contributed by atoms with Gasteiger partial charge in [-0.15, -0.1) is 0 Å². The van der Waals surface area contributed by atoms with Crippen molar-refractivity contribution in [3.8, 4) is 0 Å². The van der Waals surface area contributed by atoms with Gasteiger partial charge in [0.1, 0.15) is 17.8 Å². The van der Waals surface area contributed by atoms with Gasteiger partial charge in [0.15, 0.2) is 0 Å². The lowest BCUT2D eigenvalue weighted by Crippen LogP contribution is -2.61. The number of carbonyl (C=O) groups is 2. The lowest BCUT2D eigenvalue weighted by atomic mass is 9.44. The van der Waals surface area contributed by atoms with Crippen LogP contribution in [0.3, 0.4) is 0 Å². The summed E-state index contributed by atoms with van der Waals surface area (Å²) in [6.07, 6.45) is 8.35. The van der Waals surface area contributed by atoms with E-state index in [2.05, 4.69) is 6.92 Å². The van der Waals surface area contributed by atoms with Crippen LogP contribution in [0.5, 0.6) is 0 Å². The summed E-state index contributed by atoms with van der Waals surface area (Å²) in [5, 5.41) is 21.2. The summed E-state index contributed by atoms with van der Waals surface area (Å²) in [5.41, 5.74) is -1.96. The summed E-state index contributed by atoms with van der Waals surface area (Å²) in [6, 6.07) is 0. The summed E-state index contributed by atoms with van der Waals surface area (Å²) >= 11 is 0. The van der Waals surface area contributed by atoms with Crippen LogP contribution in [0.25, 0.3) is 0 Å². The zero-order valence-corrected chi connectivity index (χ0v) is 19.7. The Bertz CT molecular complexity index is 860. The Kier molecular flexibility index (Phi) is 5.63. The van der Waals surface area contributed by atoms with Gasteiger partial charge in [0.2, 0.25) is 0 Å². The second kappa shape index (κ2) is 7.67. The van der Waals surface area contributed by atoms with Gasteiger partial charge in [0, 0.05) is 18.4 Å². The second-order valence-corrected chi connectivity index (χ2v) is 11.4. The standard InChI is InChI=1S/C25H36O7/c1-15-13-19(26)30-16(15)7-11-22(2,32-29)12-8-18-23(3)9-6-10-24(4)20(23)17(31-21(24)27)14-25(18,5)28/h7,11,13,16-18,20,28-29H,6,8-10,12,14H2,1-5H3/t16-,17-,18+,20+,22-,23+,24+,25+/m0/s1. The average Bonchev–Trinajstić information content (AvgIpc) is 3.14. The molecule has 178 valence electrons. The third kappa shape index (κ3) is 3.62. The van der Waals surface area contributed by atoms with Crippen molar-refractivity contribution >= 4 is 11.9 Å². The molecule has 0 radical (unpaired) electrons. The van der Waals surface area contributed by atoms with Crippen LogP contribution in [0, 0.1) is 22.7 Å². The maximum absolute atomic E-state index is 12.8. The number of ether oxygens (including phenoxy) is 2. The first-order chi connectivity index (χ1) is 14.8. The normalized spacial score (nSPS) is 45.3. The molecule has 2 heterocycles. The van der Waals surface area contributed by atoms with Crippen molar-refractivity contribution in [1.82, 2.24) is 0 Å². The summed E-state index contributed by atoms with van der Waals surface area (Å²) < 4.78 is 11.0. The molecule has 0 aromatic carbocycles. The van der Waals surface area contributed by atoms with Crippen LogP contribution in [-0.2, 0) is 24.0 Å². The maximum atomic E-state index is 12.8. The van der Waals surface area contributed by atoms with E-state index in [0.717, 1.165) is 24.8 Å². The van der Waals surface area contributed by atoms with Crippen molar-refractivity contribution < 1.29 is 34.3 Å². The maximum Gasteiger partial charge on any atom is 0.331 e. The highest BCUT2D eigenvalue weighted by molar-refractivity contribution is 5.86. The van der Waals surface area contributed by atoms with E-state index in [9.17, 15) is 20.0 Å². The first-order valence-corrected chi connectivity index (χ1v) is 11.7. The first kappa shape index (κ1) is 23.5. The molecule has 0 amide bonds. The van der Waals surface area contributed by atoms with E-state index in [-0.39, 0.29) is 35.3 Å². The largest absolute Gasteiger partial charge is 0.461 e. The van der Waals surface area contributed by atoms with Crippen molar-refractivity contribution in [3.63, 3.8) is 0 Å². The molecule has 0 aromatic rings. The summed E-state index contributed by atoms with van der Waals surface area (Å²) in [6.45, 7) is 9.66. The van der Waals surface area contributed by atoms with Gasteiger partial charge in [0.25, 0.3) is 0 Å². The molecule has 1 saturated heterocycles. The van der Waals surface area contributed by atoms with Gasteiger partial charge in [-0.05, 0) is 82.4 Å². The molecule has 0 bridgehead atoms. The van der Waals surface area contributed by atoms with Gasteiger partial charge < -0.3 is 14.6 Å². The van der Waals surface area contributed by atoms with E-state index in [1.165, 1.54) is 6.08 Å². The van der Waals surface area contributed by atoms with Crippen LogP contribution in [0.1, 0.15) is 73.1 Å². The molecule has 8 atom stereocenters. The molecule has 7 heteroatoms. The number of hydrogen-bond acceptors (Lipinski definition) is 7. The topological polar surface area (TPSA) is 102 Å². The van der Waals surface area contributed by atoms with Gasteiger partial charge in [-0.1, -0.05) is 13.3 Å². The molecule has 2 aliphatic carbocycles.